The van der Waals surface area contributed by atoms with E-state index < -0.39 is 0 Å². The van der Waals surface area contributed by atoms with Gasteiger partial charge < -0.3 is 27.8 Å². The van der Waals surface area contributed by atoms with E-state index in [0.29, 0.717) is 0 Å². The number of aromatic nitrogens is 6. The van der Waals surface area contributed by atoms with Gasteiger partial charge in [-0.15, -0.1) is 0 Å². The minimum Gasteiger partial charge on any atom is -0.354 e. The van der Waals surface area contributed by atoms with Gasteiger partial charge in [0, 0.05) is 92.3 Å². The molecule has 16 aromatic carbocycles. The van der Waals surface area contributed by atoms with Crippen molar-refractivity contribution in [3.8, 4) is 73.2 Å². The minimum atomic E-state index is 1.09. The summed E-state index contributed by atoms with van der Waals surface area (Å²) in [5.41, 5.74) is 27.5. The largest absolute Gasteiger partial charge is 0.354 e. The number of para-hydroxylation sites is 6. The molecule has 0 aliphatic carbocycles. The maximum absolute atomic E-state index is 3.65. The highest BCUT2D eigenvalue weighted by molar-refractivity contribution is 9.10. The Kier molecular flexibility index (Phi) is 15.6. The lowest BCUT2D eigenvalue weighted by molar-refractivity contribution is 1.13. The van der Waals surface area contributed by atoms with E-state index in [4.69, 9.17) is 0 Å². The average Bonchev–Trinajstić information content (AvgIpc) is 1.57. The van der Waals surface area contributed by atoms with Crippen LogP contribution in [0.25, 0.3) is 182 Å². The zero-order valence-corrected chi connectivity index (χ0v) is 59.8. The van der Waals surface area contributed by atoms with Crippen molar-refractivity contribution in [2.75, 3.05) is 0 Å². The summed E-state index contributed by atoms with van der Waals surface area (Å²) >= 11 is 3.53. The number of benzene rings is 16. The van der Waals surface area contributed by atoms with Crippen molar-refractivity contribution < 1.29 is 0 Å². The van der Waals surface area contributed by atoms with Gasteiger partial charge in [-0.1, -0.05) is 271 Å². The molecule has 0 radical (unpaired) electrons. The average molecular weight is 1430 g/mol. The van der Waals surface area contributed by atoms with E-state index in [1.165, 1.54) is 165 Å². The fraction of sp³-hybridized carbons (Fsp3) is 0. The molecule has 1 N–H and O–H groups in total. The summed E-state index contributed by atoms with van der Waals surface area (Å²) in [6, 6.07) is 144. The number of halogens is 1. The number of hydrogen-bond acceptors (Lipinski definition) is 0. The Bertz CT molecular complexity index is 7070. The molecule has 504 valence electrons. The zero-order valence-electron chi connectivity index (χ0n) is 58.2. The molecule has 0 saturated carbocycles. The van der Waals surface area contributed by atoms with E-state index >= 15 is 0 Å². The van der Waals surface area contributed by atoms with Crippen molar-refractivity contribution in [1.29, 1.82) is 0 Å². The normalized spacial score (nSPS) is 11.6. The monoisotopic (exact) mass is 1430 g/mol. The lowest BCUT2D eigenvalue weighted by Crippen LogP contribution is -1.98. The van der Waals surface area contributed by atoms with Crippen LogP contribution in [0.4, 0.5) is 0 Å². The van der Waals surface area contributed by atoms with Crippen molar-refractivity contribution >= 4 is 125 Å². The first-order valence-electron chi connectivity index (χ1n) is 36.4. The van der Waals surface area contributed by atoms with Crippen LogP contribution in [0.5, 0.6) is 0 Å². The Morgan fingerprint density at radius 2 is 0.514 bits per heavy atom. The maximum Gasteiger partial charge on any atom is 0.0635 e. The van der Waals surface area contributed by atoms with E-state index in [1.54, 1.807) is 0 Å². The van der Waals surface area contributed by atoms with Gasteiger partial charge >= 0.3 is 0 Å². The first kappa shape index (κ1) is 63.0. The van der Waals surface area contributed by atoms with E-state index in [-0.39, 0.29) is 0 Å². The number of nitrogens with one attached hydrogen (secondary N) is 1. The predicted octanol–water partition coefficient (Wildman–Crippen LogP) is 27.3. The third kappa shape index (κ3) is 10.9. The third-order valence-electron chi connectivity index (χ3n) is 21.3. The number of nitrogens with zero attached hydrogens (tertiary/aromatic N) is 5. The Morgan fingerprint density at radius 1 is 0.187 bits per heavy atom. The number of hydrogen-bond donors (Lipinski definition) is 1. The molecule has 0 atom stereocenters. The van der Waals surface area contributed by atoms with Gasteiger partial charge in [-0.3, -0.25) is 0 Å². The van der Waals surface area contributed by atoms with Gasteiger partial charge in [0.2, 0.25) is 0 Å². The van der Waals surface area contributed by atoms with E-state index in [0.717, 1.165) is 21.5 Å². The van der Waals surface area contributed by atoms with Gasteiger partial charge in [-0.2, -0.15) is 0 Å². The summed E-state index contributed by atoms with van der Waals surface area (Å²) in [5, 5.41) is 12.6. The summed E-state index contributed by atoms with van der Waals surface area (Å²) in [6.45, 7) is 0. The molecule has 0 bridgehead atoms. The quantitative estimate of drug-likeness (QED) is 0.150. The molecule has 7 heteroatoms. The molecule has 0 saturated heterocycles. The smallest absolute Gasteiger partial charge is 0.0635 e. The summed E-state index contributed by atoms with van der Waals surface area (Å²) in [4.78, 5) is 3.65. The maximum atomic E-state index is 3.65. The minimum absolute atomic E-state index is 1.09. The second kappa shape index (κ2) is 26.5. The van der Waals surface area contributed by atoms with E-state index in [9.17, 15) is 0 Å². The van der Waals surface area contributed by atoms with Crippen LogP contribution in [-0.4, -0.2) is 27.8 Å². The number of aromatic amines is 1. The van der Waals surface area contributed by atoms with Crippen molar-refractivity contribution in [1.82, 2.24) is 27.8 Å². The Labute approximate surface area is 626 Å². The Morgan fingerprint density at radius 3 is 1.00 bits per heavy atom. The summed E-state index contributed by atoms with van der Waals surface area (Å²) < 4.78 is 13.0. The molecular formula is C100H67BrN6. The summed E-state index contributed by atoms with van der Waals surface area (Å²) in [6.07, 6.45) is 0. The number of H-pyrrole nitrogens is 1. The molecule has 6 aromatic heterocycles. The molecule has 107 heavy (non-hydrogen) atoms. The van der Waals surface area contributed by atoms with Gasteiger partial charge in [0.15, 0.2) is 0 Å². The molecule has 6 heterocycles. The fourth-order valence-electron chi connectivity index (χ4n) is 16.4. The fourth-order valence-corrected chi connectivity index (χ4v) is 16.7. The van der Waals surface area contributed by atoms with Crippen LogP contribution in [0.15, 0.2) is 405 Å². The predicted molar refractivity (Wildman–Crippen MR) is 455 cm³/mol. The van der Waals surface area contributed by atoms with Crippen LogP contribution in [0, 0.1) is 0 Å². The van der Waals surface area contributed by atoms with Gasteiger partial charge in [-0.05, 0) is 179 Å². The van der Waals surface area contributed by atoms with Gasteiger partial charge in [0.1, 0.15) is 0 Å². The van der Waals surface area contributed by atoms with Gasteiger partial charge in [-0.25, -0.2) is 0 Å². The molecule has 22 aromatic rings. The Hall–Kier alpha value is -13.7. The topological polar surface area (TPSA) is 40.4 Å². The first-order chi connectivity index (χ1) is 53.0. The zero-order chi connectivity index (χ0) is 70.9. The Balaban J connectivity index is 0.000000117. The van der Waals surface area contributed by atoms with Crippen molar-refractivity contribution in [2.45, 2.75) is 0 Å². The third-order valence-corrected chi connectivity index (χ3v) is 21.8. The molecule has 22 rings (SSSR count). The SMILES string of the molecule is Brc1ccc(-n2c3ccccc3c3cc(-c4ccccc4)ccc32)cc1.c1ccc(-c2cc3c4[nH]c5ccccc5c4ccc3n2-c2ccccc2)cc1.c1ccc(-c2ccc3c(c2)c2ccccc2n3-c2ccc(-n3c4ccccc4c4ccc5c(cc(-c6ccccc6)n5-c5ccccc5)c43)cc2)cc1. The summed E-state index contributed by atoms with van der Waals surface area (Å²) in [5.74, 6) is 0. The first-order valence-corrected chi connectivity index (χ1v) is 37.2. The molecule has 6 nitrogen and oxygen atoms in total. The number of fused-ring (bicyclic) bond motifs is 16. The van der Waals surface area contributed by atoms with Gasteiger partial charge in [0.05, 0.1) is 61.0 Å². The highest BCUT2D eigenvalue weighted by atomic mass is 79.9. The second-order valence-electron chi connectivity index (χ2n) is 27.4. The highest BCUT2D eigenvalue weighted by Crippen LogP contribution is 2.44. The van der Waals surface area contributed by atoms with E-state index in [1.807, 2.05) is 0 Å². The molecule has 0 spiro atoms. The lowest BCUT2D eigenvalue weighted by Gasteiger charge is -2.13. The van der Waals surface area contributed by atoms with E-state index in [2.05, 4.69) is 444 Å². The molecule has 0 aliphatic rings. The van der Waals surface area contributed by atoms with Crippen LogP contribution in [-0.2, 0) is 0 Å². The molecule has 0 unspecified atom stereocenters. The lowest BCUT2D eigenvalue weighted by atomic mass is 10.0. The number of rotatable bonds is 9. The summed E-state index contributed by atoms with van der Waals surface area (Å²) in [7, 11) is 0. The van der Waals surface area contributed by atoms with Crippen molar-refractivity contribution in [3.63, 3.8) is 0 Å². The van der Waals surface area contributed by atoms with Gasteiger partial charge in [0.25, 0.3) is 0 Å². The van der Waals surface area contributed by atoms with Crippen molar-refractivity contribution in [2.24, 2.45) is 0 Å². The van der Waals surface area contributed by atoms with Crippen LogP contribution in [0.3, 0.4) is 0 Å². The van der Waals surface area contributed by atoms with Crippen molar-refractivity contribution in [3.05, 3.63) is 405 Å². The van der Waals surface area contributed by atoms with Crippen LogP contribution >= 0.6 is 15.9 Å². The molecular weight excluding hydrogens is 1370 g/mol. The van der Waals surface area contributed by atoms with Crippen LogP contribution in [0.2, 0.25) is 0 Å². The van der Waals surface area contributed by atoms with Crippen LogP contribution in [0.1, 0.15) is 0 Å². The second-order valence-corrected chi connectivity index (χ2v) is 28.3. The highest BCUT2D eigenvalue weighted by Gasteiger charge is 2.23. The standard InChI is InChI=1S/C50H33N3.C26H18N2.C24H16BrN/c1-4-14-34(15-5-1)36-24-30-47-43(32-36)41-21-11-12-22-45(41)51(47)38-25-27-39(28-26-38)53-46-23-13-10-20-40(46)42-29-31-48-44(50(42)53)33-49(35-16-6-2-7-17-35)52(48)37-18-8-3-9-19-37;1-3-9-18(10-4-1)25-17-22-24(28(25)19-11-5-2-6-12-19)16-15-21-20-13-7-8-14-23(20)27-26(21)22;25-19-11-13-20(14-12-19)26-23-9-5-4-8-21(23)22-16-18(10-15-24(22)26)17-6-2-1-3-7-17/h1-33H;1-17,27H;1-16H. The molecule has 0 aliphatic heterocycles. The molecule has 0 fully saturated rings. The van der Waals surface area contributed by atoms with Crippen LogP contribution < -0.4 is 0 Å². The molecule has 0 amide bonds.